The lowest BCUT2D eigenvalue weighted by atomic mass is 10.1. The van der Waals surface area contributed by atoms with Crippen LogP contribution in [-0.4, -0.2) is 52.6 Å². The summed E-state index contributed by atoms with van der Waals surface area (Å²) in [6, 6.07) is 9.53. The van der Waals surface area contributed by atoms with Crippen LogP contribution in [0, 0.1) is 20.2 Å². The van der Waals surface area contributed by atoms with Crippen LogP contribution < -0.4 is 29.0 Å². The van der Waals surface area contributed by atoms with Crippen molar-refractivity contribution < 1.29 is 42.0 Å². The second-order valence-corrected chi connectivity index (χ2v) is 9.58. The predicted molar refractivity (Wildman–Crippen MR) is 148 cm³/mol. The molecule has 0 heterocycles. The number of ether oxygens (including phenoxy) is 4. The van der Waals surface area contributed by atoms with Crippen molar-refractivity contribution in [2.45, 2.75) is 0 Å². The third-order valence-corrected chi connectivity index (χ3v) is 6.48. The van der Waals surface area contributed by atoms with E-state index in [0.29, 0.717) is 22.8 Å². The number of nitrogens with zero attached hydrogens (tertiary/aromatic N) is 2. The summed E-state index contributed by atoms with van der Waals surface area (Å²) in [5, 5.41) is 25.7. The summed E-state index contributed by atoms with van der Waals surface area (Å²) in [5.74, 6) is 0.203. The van der Waals surface area contributed by atoms with Crippen LogP contribution >= 0.6 is 0 Å². The van der Waals surface area contributed by atoms with Crippen molar-refractivity contribution in [3.63, 3.8) is 0 Å². The average Bonchev–Trinajstić information content (AvgIpc) is 2.95. The van der Waals surface area contributed by atoms with E-state index in [-0.39, 0.29) is 22.7 Å². The van der Waals surface area contributed by atoms with Gasteiger partial charge in [0.25, 0.3) is 27.3 Å². The van der Waals surface area contributed by atoms with E-state index in [4.69, 9.17) is 18.9 Å². The summed E-state index contributed by atoms with van der Waals surface area (Å²) in [6.45, 7) is 0. The van der Waals surface area contributed by atoms with Gasteiger partial charge in [0.1, 0.15) is 23.0 Å². The van der Waals surface area contributed by atoms with Crippen molar-refractivity contribution in [2.24, 2.45) is 0 Å². The molecule has 41 heavy (non-hydrogen) atoms. The van der Waals surface area contributed by atoms with E-state index in [1.165, 1.54) is 52.7 Å². The molecule has 0 aliphatic rings. The SMILES string of the molecule is COc1cc(OC)c(/C=C/S(=O)(=O)Nc2ccc(OC)c(NC(=O)c3cc([N+](=O)[O-])cc([N+](=O)[O-])c3)c2)c(OC)c1. The number of hydrogen-bond acceptors (Lipinski definition) is 11. The molecule has 0 saturated carbocycles. The largest absolute Gasteiger partial charge is 0.496 e. The van der Waals surface area contributed by atoms with E-state index in [1.807, 2.05) is 0 Å². The van der Waals surface area contributed by atoms with Crippen LogP contribution in [0.25, 0.3) is 6.08 Å². The number of nitro groups is 2. The number of rotatable bonds is 12. The number of benzene rings is 3. The van der Waals surface area contributed by atoms with Crippen LogP contribution in [0.5, 0.6) is 23.0 Å². The summed E-state index contributed by atoms with van der Waals surface area (Å²) in [5.41, 5.74) is -1.36. The van der Waals surface area contributed by atoms with Gasteiger partial charge in [-0.3, -0.25) is 29.7 Å². The first-order valence-electron chi connectivity index (χ1n) is 11.4. The van der Waals surface area contributed by atoms with Crippen LogP contribution in [0.1, 0.15) is 15.9 Å². The van der Waals surface area contributed by atoms with Gasteiger partial charge < -0.3 is 24.3 Å². The molecule has 0 unspecified atom stereocenters. The molecular weight excluding hydrogens is 564 g/mol. The zero-order chi connectivity index (χ0) is 30.3. The Morgan fingerprint density at radius 3 is 1.85 bits per heavy atom. The summed E-state index contributed by atoms with van der Waals surface area (Å²) < 4.78 is 49.1. The first kappa shape index (κ1) is 30.2. The van der Waals surface area contributed by atoms with Crippen molar-refractivity contribution in [2.75, 3.05) is 38.5 Å². The Bertz CT molecular complexity index is 1580. The Balaban J connectivity index is 1.90. The van der Waals surface area contributed by atoms with Gasteiger partial charge in [0, 0.05) is 24.3 Å². The van der Waals surface area contributed by atoms with E-state index < -0.39 is 37.2 Å². The predicted octanol–water partition coefficient (Wildman–Crippen LogP) is 4.20. The molecule has 0 spiro atoms. The highest BCUT2D eigenvalue weighted by atomic mass is 32.2. The van der Waals surface area contributed by atoms with Gasteiger partial charge in [0.2, 0.25) is 0 Å². The molecule has 216 valence electrons. The number of non-ortho nitro benzene ring substituents is 2. The fourth-order valence-electron chi connectivity index (χ4n) is 3.55. The number of carbonyl (C=O) groups is 1. The van der Waals surface area contributed by atoms with Gasteiger partial charge in [0.05, 0.1) is 72.3 Å². The molecule has 3 rings (SSSR count). The van der Waals surface area contributed by atoms with Crippen molar-refractivity contribution >= 4 is 44.8 Å². The first-order chi connectivity index (χ1) is 19.4. The van der Waals surface area contributed by atoms with Crippen LogP contribution in [-0.2, 0) is 10.0 Å². The van der Waals surface area contributed by atoms with Crippen molar-refractivity contribution in [1.82, 2.24) is 0 Å². The lowest BCUT2D eigenvalue weighted by Gasteiger charge is -2.14. The second kappa shape index (κ2) is 12.6. The van der Waals surface area contributed by atoms with Gasteiger partial charge in [-0.1, -0.05) is 0 Å². The number of carbonyl (C=O) groups excluding carboxylic acids is 1. The Morgan fingerprint density at radius 2 is 1.37 bits per heavy atom. The molecule has 1 amide bonds. The number of nitrogens with one attached hydrogen (secondary N) is 2. The highest BCUT2D eigenvalue weighted by molar-refractivity contribution is 7.95. The molecule has 16 heteroatoms. The highest BCUT2D eigenvalue weighted by Crippen LogP contribution is 2.35. The first-order valence-corrected chi connectivity index (χ1v) is 12.9. The van der Waals surface area contributed by atoms with Crippen LogP contribution in [0.3, 0.4) is 0 Å². The maximum atomic E-state index is 12.9. The second-order valence-electron chi connectivity index (χ2n) is 8.02. The molecule has 3 aromatic rings. The van der Waals surface area contributed by atoms with E-state index >= 15 is 0 Å². The highest BCUT2D eigenvalue weighted by Gasteiger charge is 2.21. The van der Waals surface area contributed by atoms with Gasteiger partial charge in [-0.05, 0) is 24.3 Å². The van der Waals surface area contributed by atoms with Gasteiger partial charge in [-0.15, -0.1) is 0 Å². The number of anilines is 2. The van der Waals surface area contributed by atoms with E-state index in [2.05, 4.69) is 10.0 Å². The molecule has 0 aliphatic heterocycles. The molecule has 2 N–H and O–H groups in total. The minimum Gasteiger partial charge on any atom is -0.496 e. The van der Waals surface area contributed by atoms with E-state index in [1.54, 1.807) is 12.1 Å². The molecule has 0 fully saturated rings. The van der Waals surface area contributed by atoms with E-state index in [0.717, 1.165) is 23.6 Å². The van der Waals surface area contributed by atoms with Gasteiger partial charge in [-0.25, -0.2) is 8.42 Å². The Hall–Kier alpha value is -5.38. The lowest BCUT2D eigenvalue weighted by Crippen LogP contribution is -2.14. The van der Waals surface area contributed by atoms with Crippen LogP contribution in [0.2, 0.25) is 0 Å². The minimum absolute atomic E-state index is 0.0180. The third kappa shape index (κ3) is 7.39. The average molecular weight is 589 g/mol. The molecule has 0 aliphatic carbocycles. The van der Waals surface area contributed by atoms with Gasteiger partial charge in [0.15, 0.2) is 0 Å². The number of nitro benzene ring substituents is 2. The Labute approximate surface area is 233 Å². The topological polar surface area (TPSA) is 198 Å². The molecule has 15 nitrogen and oxygen atoms in total. The zero-order valence-corrected chi connectivity index (χ0v) is 22.9. The summed E-state index contributed by atoms with van der Waals surface area (Å²) in [4.78, 5) is 33.5. The van der Waals surface area contributed by atoms with Crippen molar-refractivity contribution in [3.8, 4) is 23.0 Å². The molecule has 0 bridgehead atoms. The maximum absolute atomic E-state index is 12.9. The van der Waals surface area contributed by atoms with Crippen LogP contribution in [0.15, 0.2) is 53.9 Å². The lowest BCUT2D eigenvalue weighted by molar-refractivity contribution is -0.394. The molecule has 0 atom stereocenters. The van der Waals surface area contributed by atoms with Gasteiger partial charge >= 0.3 is 0 Å². The number of methoxy groups -OCH3 is 4. The van der Waals surface area contributed by atoms with Crippen molar-refractivity contribution in [1.29, 1.82) is 0 Å². The third-order valence-electron chi connectivity index (χ3n) is 5.46. The summed E-state index contributed by atoms with van der Waals surface area (Å²) in [6.07, 6.45) is 1.26. The van der Waals surface area contributed by atoms with Crippen molar-refractivity contribution in [3.05, 3.63) is 85.3 Å². The molecule has 0 radical (unpaired) electrons. The Kier molecular flexibility index (Phi) is 9.31. The number of sulfonamides is 1. The summed E-state index contributed by atoms with van der Waals surface area (Å²) >= 11 is 0. The monoisotopic (exact) mass is 588 g/mol. The molecule has 0 aromatic heterocycles. The minimum atomic E-state index is -4.12. The smallest absolute Gasteiger partial charge is 0.277 e. The fraction of sp³-hybridized carbons (Fsp3) is 0.160. The zero-order valence-electron chi connectivity index (χ0n) is 22.1. The maximum Gasteiger partial charge on any atom is 0.277 e. The molecule has 0 saturated heterocycles. The normalized spacial score (nSPS) is 11.0. The molecule has 3 aromatic carbocycles. The Morgan fingerprint density at radius 1 is 0.805 bits per heavy atom. The standard InChI is InChI=1S/C25H24N4O11S/c1-37-19-13-23(39-3)20(24(14-19)40-4)7-8-41(35,36)27-16-5-6-22(38-2)21(11-16)26-25(30)15-9-17(28(31)32)12-18(10-15)29(33)34/h5-14,27H,1-4H3,(H,26,30)/b8-7+. The number of amides is 1. The summed E-state index contributed by atoms with van der Waals surface area (Å²) in [7, 11) is 1.43. The van der Waals surface area contributed by atoms with E-state index in [9.17, 15) is 33.4 Å². The molecular formula is C25H24N4O11S. The number of hydrogen-bond donors (Lipinski definition) is 2. The van der Waals surface area contributed by atoms with Gasteiger partial charge in [-0.2, -0.15) is 0 Å². The van der Waals surface area contributed by atoms with Crippen LogP contribution in [0.4, 0.5) is 22.7 Å². The fourth-order valence-corrected chi connectivity index (χ4v) is 4.39. The quantitative estimate of drug-likeness (QED) is 0.227.